The van der Waals surface area contributed by atoms with Gasteiger partial charge in [-0.15, -0.1) is 16.7 Å². The summed E-state index contributed by atoms with van der Waals surface area (Å²) in [5.74, 6) is 0.489. The molecule has 0 aromatic carbocycles. The van der Waals surface area contributed by atoms with Gasteiger partial charge in [-0.05, 0) is 6.42 Å². The van der Waals surface area contributed by atoms with Crippen LogP contribution in [0.3, 0.4) is 0 Å². The molecule has 0 bridgehead atoms. The molecule has 0 amide bonds. The summed E-state index contributed by atoms with van der Waals surface area (Å²) in [5, 5.41) is 9.47. The van der Waals surface area contributed by atoms with E-state index in [1.165, 1.54) is 6.20 Å². The lowest BCUT2D eigenvalue weighted by atomic mass is 10.2. The molecule has 0 unspecified atom stereocenters. The predicted molar refractivity (Wildman–Crippen MR) is 40.7 cm³/mol. The molecule has 0 saturated carbocycles. The number of carbonyl (C=O) groups excluding carboxylic acids is 1. The summed E-state index contributed by atoms with van der Waals surface area (Å²) in [6.07, 6.45) is 2.61. The number of carbonyl (C=O) groups is 1. The van der Waals surface area contributed by atoms with Gasteiger partial charge in [-0.25, -0.2) is 0 Å². The zero-order valence-corrected chi connectivity index (χ0v) is 6.64. The molecule has 4 nitrogen and oxygen atoms in total. The van der Waals surface area contributed by atoms with Gasteiger partial charge in [-0.2, -0.15) is 0 Å². The summed E-state index contributed by atoms with van der Waals surface area (Å²) in [6.45, 7) is 0. The maximum atomic E-state index is 11.1. The molecule has 1 heterocycles. The minimum absolute atomic E-state index is 0.0144. The van der Waals surface area contributed by atoms with Gasteiger partial charge >= 0.3 is 0 Å². The molecule has 0 atom stereocenters. The molecular formula is C6H8ClN3O. The van der Waals surface area contributed by atoms with Gasteiger partial charge in [0.2, 0.25) is 0 Å². The van der Waals surface area contributed by atoms with E-state index in [4.69, 9.17) is 11.6 Å². The Kier molecular flexibility index (Phi) is 3.04. The van der Waals surface area contributed by atoms with E-state index < -0.39 is 0 Å². The molecule has 1 N–H and O–H groups in total. The van der Waals surface area contributed by atoms with Gasteiger partial charge in [0.25, 0.3) is 0 Å². The van der Waals surface area contributed by atoms with Crippen molar-refractivity contribution < 1.29 is 4.79 Å². The number of hydrogen-bond acceptors (Lipinski definition) is 3. The maximum Gasteiger partial charge on any atom is 0.184 e. The Morgan fingerprint density at radius 3 is 3.09 bits per heavy atom. The van der Waals surface area contributed by atoms with Gasteiger partial charge in [0.05, 0.1) is 6.20 Å². The smallest absolute Gasteiger partial charge is 0.184 e. The first kappa shape index (κ1) is 8.20. The molecule has 11 heavy (non-hydrogen) atoms. The van der Waals surface area contributed by atoms with Crippen LogP contribution in [0.1, 0.15) is 23.3 Å². The Morgan fingerprint density at radius 2 is 2.55 bits per heavy atom. The number of H-pyrrole nitrogens is 1. The quantitative estimate of drug-likeness (QED) is 0.546. The van der Waals surface area contributed by atoms with Gasteiger partial charge in [0, 0.05) is 12.3 Å². The molecule has 0 spiro atoms. The van der Waals surface area contributed by atoms with Crippen LogP contribution in [0.4, 0.5) is 0 Å². The molecule has 1 aromatic rings. The van der Waals surface area contributed by atoms with Crippen LogP contribution in [0.25, 0.3) is 0 Å². The first-order valence-corrected chi connectivity index (χ1v) is 3.83. The lowest BCUT2D eigenvalue weighted by molar-refractivity contribution is 0.0977. The fourth-order valence-electron chi connectivity index (χ4n) is 0.693. The van der Waals surface area contributed by atoms with Crippen LogP contribution in [0, 0.1) is 0 Å². The zero-order valence-electron chi connectivity index (χ0n) is 5.88. The Balaban J connectivity index is 2.43. The highest BCUT2D eigenvalue weighted by atomic mass is 35.5. The Bertz CT molecular complexity index is 222. The summed E-state index contributed by atoms with van der Waals surface area (Å²) >= 11 is 5.41. The van der Waals surface area contributed by atoms with Crippen LogP contribution in [0.15, 0.2) is 6.20 Å². The number of aromatic amines is 1. The Hall–Kier alpha value is -0.900. The van der Waals surface area contributed by atoms with E-state index in [0.717, 1.165) is 0 Å². The van der Waals surface area contributed by atoms with Crippen LogP contribution in [0.5, 0.6) is 0 Å². The Labute approximate surface area is 68.9 Å². The standard InChI is InChI=1S/C6H8ClN3O/c7-3-1-2-6(11)5-4-8-10-9-5/h4H,1-3H2,(H,8,9,10). The second kappa shape index (κ2) is 4.08. The van der Waals surface area contributed by atoms with Crippen LogP contribution < -0.4 is 0 Å². The number of halogens is 1. The first-order valence-electron chi connectivity index (χ1n) is 3.30. The van der Waals surface area contributed by atoms with Crippen molar-refractivity contribution in [1.82, 2.24) is 15.4 Å². The van der Waals surface area contributed by atoms with Gasteiger partial charge in [-0.3, -0.25) is 9.89 Å². The van der Waals surface area contributed by atoms with Gasteiger partial charge in [0.15, 0.2) is 5.78 Å². The molecule has 1 rings (SSSR count). The fourth-order valence-corrected chi connectivity index (χ4v) is 0.827. The summed E-state index contributed by atoms with van der Waals surface area (Å²) < 4.78 is 0. The van der Waals surface area contributed by atoms with Crippen molar-refractivity contribution in [2.24, 2.45) is 0 Å². The average Bonchev–Trinajstić information content (AvgIpc) is 2.52. The minimum atomic E-state index is -0.0144. The number of nitrogens with one attached hydrogen (secondary N) is 1. The van der Waals surface area contributed by atoms with Crippen LogP contribution in [-0.4, -0.2) is 27.1 Å². The van der Waals surface area contributed by atoms with Crippen molar-refractivity contribution in [3.05, 3.63) is 11.9 Å². The van der Waals surface area contributed by atoms with Crippen molar-refractivity contribution in [3.63, 3.8) is 0 Å². The third kappa shape index (κ3) is 2.31. The van der Waals surface area contributed by atoms with Crippen LogP contribution in [0.2, 0.25) is 0 Å². The highest BCUT2D eigenvalue weighted by Gasteiger charge is 2.06. The van der Waals surface area contributed by atoms with Gasteiger partial charge in [-0.1, -0.05) is 5.21 Å². The fraction of sp³-hybridized carbons (Fsp3) is 0.500. The van der Waals surface area contributed by atoms with Crippen LogP contribution in [-0.2, 0) is 0 Å². The van der Waals surface area contributed by atoms with E-state index in [0.29, 0.717) is 24.4 Å². The van der Waals surface area contributed by atoms with E-state index in [1.54, 1.807) is 0 Å². The van der Waals surface area contributed by atoms with E-state index in [9.17, 15) is 4.79 Å². The zero-order chi connectivity index (χ0) is 8.10. The third-order valence-corrected chi connectivity index (χ3v) is 1.51. The van der Waals surface area contributed by atoms with Crippen molar-refractivity contribution in [2.75, 3.05) is 5.88 Å². The maximum absolute atomic E-state index is 11.1. The van der Waals surface area contributed by atoms with Crippen LogP contribution >= 0.6 is 11.6 Å². The van der Waals surface area contributed by atoms with Crippen molar-refractivity contribution in [2.45, 2.75) is 12.8 Å². The van der Waals surface area contributed by atoms with E-state index in [1.807, 2.05) is 0 Å². The van der Waals surface area contributed by atoms with Gasteiger partial charge in [0.1, 0.15) is 5.69 Å². The monoisotopic (exact) mass is 173 g/mol. The number of rotatable bonds is 4. The molecule has 0 saturated heterocycles. The van der Waals surface area contributed by atoms with Crippen molar-refractivity contribution in [3.8, 4) is 0 Å². The van der Waals surface area contributed by atoms with Crippen molar-refractivity contribution in [1.29, 1.82) is 0 Å². The molecule has 0 aliphatic carbocycles. The lowest BCUT2D eigenvalue weighted by Crippen LogP contribution is -1.99. The average molecular weight is 174 g/mol. The van der Waals surface area contributed by atoms with E-state index in [2.05, 4.69) is 15.4 Å². The predicted octanol–water partition coefficient (Wildman–Crippen LogP) is 1.01. The second-order valence-electron chi connectivity index (χ2n) is 2.07. The SMILES string of the molecule is O=C(CCCCl)c1c[nH]nn1. The second-order valence-corrected chi connectivity index (χ2v) is 2.45. The summed E-state index contributed by atoms with van der Waals surface area (Å²) in [7, 11) is 0. The topological polar surface area (TPSA) is 58.6 Å². The summed E-state index contributed by atoms with van der Waals surface area (Å²) in [5.41, 5.74) is 0.384. The number of hydrogen-bond donors (Lipinski definition) is 1. The molecule has 1 aromatic heterocycles. The van der Waals surface area contributed by atoms with E-state index in [-0.39, 0.29) is 5.78 Å². The van der Waals surface area contributed by atoms with E-state index >= 15 is 0 Å². The lowest BCUT2D eigenvalue weighted by Gasteiger charge is -1.90. The Morgan fingerprint density at radius 1 is 1.73 bits per heavy atom. The molecule has 0 radical (unpaired) electrons. The number of Topliss-reactive ketones (excluding diaryl/α,β-unsaturated/α-hetero) is 1. The minimum Gasteiger partial charge on any atom is -0.292 e. The summed E-state index contributed by atoms with van der Waals surface area (Å²) in [4.78, 5) is 11.1. The number of nitrogens with zero attached hydrogens (tertiary/aromatic N) is 2. The largest absolute Gasteiger partial charge is 0.292 e. The molecule has 0 aliphatic rings. The normalized spacial score (nSPS) is 9.91. The summed E-state index contributed by atoms with van der Waals surface area (Å²) in [6, 6.07) is 0. The third-order valence-electron chi connectivity index (χ3n) is 1.24. The highest BCUT2D eigenvalue weighted by molar-refractivity contribution is 6.18. The molecule has 60 valence electrons. The highest BCUT2D eigenvalue weighted by Crippen LogP contribution is 2.00. The first-order chi connectivity index (χ1) is 5.34. The molecule has 0 fully saturated rings. The molecule has 5 heteroatoms. The van der Waals surface area contributed by atoms with Crippen molar-refractivity contribution >= 4 is 17.4 Å². The molecular weight excluding hydrogens is 166 g/mol. The number of ketones is 1. The number of alkyl halides is 1. The van der Waals surface area contributed by atoms with Gasteiger partial charge < -0.3 is 0 Å². The molecule has 0 aliphatic heterocycles. The number of aromatic nitrogens is 3.